The van der Waals surface area contributed by atoms with Crippen molar-refractivity contribution in [3.63, 3.8) is 0 Å². The van der Waals surface area contributed by atoms with E-state index in [9.17, 15) is 9.59 Å². The van der Waals surface area contributed by atoms with Gasteiger partial charge in [-0.3, -0.25) is 14.6 Å². The van der Waals surface area contributed by atoms with Crippen LogP contribution in [0.15, 0.2) is 59.7 Å². The minimum Gasteiger partial charge on any atom is -0.380 e. The number of aryl methyl sites for hydroxylation is 1. The third kappa shape index (κ3) is 4.33. The van der Waals surface area contributed by atoms with E-state index in [1.807, 2.05) is 56.3 Å². The first-order valence-electron chi connectivity index (χ1n) is 10.6. The molecule has 4 rings (SSSR count). The Morgan fingerprint density at radius 2 is 1.94 bits per heavy atom. The fraction of sp³-hybridized carbons (Fsp3) is 0.240. The van der Waals surface area contributed by atoms with Crippen LogP contribution in [-0.2, 0) is 6.54 Å². The number of para-hydroxylation sites is 1. The first kappa shape index (κ1) is 21.5. The molecule has 32 heavy (non-hydrogen) atoms. The fourth-order valence-electron chi connectivity index (χ4n) is 3.78. The van der Waals surface area contributed by atoms with Crippen molar-refractivity contribution in [2.75, 3.05) is 32.5 Å². The van der Waals surface area contributed by atoms with Crippen LogP contribution >= 0.6 is 0 Å². The van der Waals surface area contributed by atoms with E-state index in [1.54, 1.807) is 24.5 Å². The lowest BCUT2D eigenvalue weighted by Gasteiger charge is -2.15. The van der Waals surface area contributed by atoms with Crippen molar-refractivity contribution in [1.82, 2.24) is 20.2 Å². The third-order valence-corrected chi connectivity index (χ3v) is 5.49. The van der Waals surface area contributed by atoms with E-state index in [1.165, 1.54) is 0 Å². The molecule has 0 saturated carbocycles. The zero-order chi connectivity index (χ0) is 22.7. The van der Waals surface area contributed by atoms with Gasteiger partial charge in [0.05, 0.1) is 22.0 Å². The molecule has 7 nitrogen and oxygen atoms in total. The lowest BCUT2D eigenvalue weighted by atomic mass is 10.0. The Labute approximate surface area is 186 Å². The second-order valence-corrected chi connectivity index (χ2v) is 8.14. The van der Waals surface area contributed by atoms with Gasteiger partial charge in [-0.1, -0.05) is 18.2 Å². The van der Waals surface area contributed by atoms with Gasteiger partial charge in [0.15, 0.2) is 5.43 Å². The molecule has 0 spiro atoms. The van der Waals surface area contributed by atoms with Crippen molar-refractivity contribution in [1.29, 1.82) is 0 Å². The van der Waals surface area contributed by atoms with E-state index < -0.39 is 0 Å². The summed E-state index contributed by atoms with van der Waals surface area (Å²) in [6.07, 6.45) is 3.51. The molecule has 2 aromatic heterocycles. The number of anilines is 1. The van der Waals surface area contributed by atoms with Crippen LogP contribution in [0.4, 0.5) is 5.69 Å². The van der Waals surface area contributed by atoms with Crippen molar-refractivity contribution in [3.8, 4) is 0 Å². The second-order valence-electron chi connectivity index (χ2n) is 8.14. The largest absolute Gasteiger partial charge is 0.380 e. The third-order valence-electron chi connectivity index (χ3n) is 5.49. The highest BCUT2D eigenvalue weighted by molar-refractivity contribution is 6.11. The van der Waals surface area contributed by atoms with Crippen molar-refractivity contribution in [2.45, 2.75) is 13.5 Å². The van der Waals surface area contributed by atoms with Crippen LogP contribution in [0.1, 0.15) is 21.5 Å². The molecule has 0 fully saturated rings. The molecule has 0 aliphatic rings. The summed E-state index contributed by atoms with van der Waals surface area (Å²) in [5.41, 5.74) is 4.26. The van der Waals surface area contributed by atoms with Crippen LogP contribution in [0.25, 0.3) is 21.8 Å². The quantitative estimate of drug-likeness (QED) is 0.392. The molecule has 0 atom stereocenters. The Morgan fingerprint density at radius 3 is 2.69 bits per heavy atom. The smallest absolute Gasteiger partial charge is 0.253 e. The molecule has 4 aromatic rings. The molecule has 1 amide bonds. The molecule has 0 saturated heterocycles. The molecule has 0 bridgehead atoms. The molecular formula is C25H27N5O2. The zero-order valence-corrected chi connectivity index (χ0v) is 18.5. The number of aromatic amines is 1. The minimum absolute atomic E-state index is 0.103. The highest BCUT2D eigenvalue weighted by Gasteiger charge is 2.18. The molecule has 2 aromatic carbocycles. The van der Waals surface area contributed by atoms with Gasteiger partial charge in [0.25, 0.3) is 5.91 Å². The van der Waals surface area contributed by atoms with Crippen LogP contribution < -0.4 is 16.1 Å². The van der Waals surface area contributed by atoms with Crippen LogP contribution in [0.5, 0.6) is 0 Å². The number of carbonyl (C=O) groups excluding carboxylic acids is 1. The summed E-state index contributed by atoms with van der Waals surface area (Å²) >= 11 is 0. The summed E-state index contributed by atoms with van der Waals surface area (Å²) in [6.45, 7) is 3.71. The second kappa shape index (κ2) is 9.20. The van der Waals surface area contributed by atoms with Gasteiger partial charge < -0.3 is 20.5 Å². The first-order valence-corrected chi connectivity index (χ1v) is 10.6. The number of nitrogens with one attached hydrogen (secondary N) is 3. The monoisotopic (exact) mass is 429 g/mol. The maximum atomic E-state index is 13.5. The Balaban J connectivity index is 1.83. The van der Waals surface area contributed by atoms with Crippen LogP contribution in [0.2, 0.25) is 0 Å². The van der Waals surface area contributed by atoms with Crippen LogP contribution in [0.3, 0.4) is 0 Å². The highest BCUT2D eigenvalue weighted by Crippen LogP contribution is 2.27. The molecular weight excluding hydrogens is 402 g/mol. The number of hydrogen-bond acceptors (Lipinski definition) is 5. The topological polar surface area (TPSA) is 90.1 Å². The fourth-order valence-corrected chi connectivity index (χ4v) is 3.78. The Kier molecular flexibility index (Phi) is 6.18. The van der Waals surface area contributed by atoms with Gasteiger partial charge in [-0.25, -0.2) is 0 Å². The summed E-state index contributed by atoms with van der Waals surface area (Å²) in [4.78, 5) is 36.0. The average molecular weight is 430 g/mol. The summed E-state index contributed by atoms with van der Waals surface area (Å²) in [7, 11) is 3.91. The van der Waals surface area contributed by atoms with Gasteiger partial charge in [0.1, 0.15) is 0 Å². The lowest BCUT2D eigenvalue weighted by Crippen LogP contribution is -2.31. The number of carbonyl (C=O) groups is 1. The van der Waals surface area contributed by atoms with E-state index in [-0.39, 0.29) is 11.3 Å². The SMILES string of the molecule is Cc1cccc2c(=O)c3c(NCc4cccnc4)ccc(C(=O)NCCN(C)C)c3[nH]c12. The molecule has 0 radical (unpaired) electrons. The predicted molar refractivity (Wildman–Crippen MR) is 129 cm³/mol. The summed E-state index contributed by atoms with van der Waals surface area (Å²) < 4.78 is 0. The molecule has 3 N–H and O–H groups in total. The van der Waals surface area contributed by atoms with Crippen molar-refractivity contribution in [3.05, 3.63) is 81.8 Å². The highest BCUT2D eigenvalue weighted by atomic mass is 16.1. The Hall–Kier alpha value is -3.71. The van der Waals surface area contributed by atoms with E-state index in [0.29, 0.717) is 40.6 Å². The van der Waals surface area contributed by atoms with Gasteiger partial charge in [-0.05, 0) is 56.4 Å². The number of rotatable bonds is 7. The number of H-pyrrole nitrogens is 1. The number of fused-ring (bicyclic) bond motifs is 2. The van der Waals surface area contributed by atoms with E-state index >= 15 is 0 Å². The number of hydrogen-bond donors (Lipinski definition) is 3. The maximum absolute atomic E-state index is 13.5. The van der Waals surface area contributed by atoms with Crippen LogP contribution in [0, 0.1) is 6.92 Å². The molecule has 0 aliphatic heterocycles. The van der Waals surface area contributed by atoms with Gasteiger partial charge in [0.2, 0.25) is 0 Å². The van der Waals surface area contributed by atoms with Gasteiger partial charge >= 0.3 is 0 Å². The maximum Gasteiger partial charge on any atom is 0.253 e. The van der Waals surface area contributed by atoms with E-state index in [0.717, 1.165) is 23.2 Å². The number of amides is 1. The van der Waals surface area contributed by atoms with Gasteiger partial charge in [0, 0.05) is 43.1 Å². The summed E-state index contributed by atoms with van der Waals surface area (Å²) in [5, 5.41) is 7.38. The summed E-state index contributed by atoms with van der Waals surface area (Å²) in [6, 6.07) is 13.0. The van der Waals surface area contributed by atoms with Crippen molar-refractivity contribution in [2.24, 2.45) is 0 Å². The molecule has 0 aliphatic carbocycles. The number of benzene rings is 2. The van der Waals surface area contributed by atoms with Gasteiger partial charge in [-0.15, -0.1) is 0 Å². The zero-order valence-electron chi connectivity index (χ0n) is 18.5. The average Bonchev–Trinajstić information content (AvgIpc) is 2.78. The Bertz CT molecular complexity index is 1330. The molecule has 164 valence electrons. The van der Waals surface area contributed by atoms with Crippen molar-refractivity contribution < 1.29 is 4.79 Å². The van der Waals surface area contributed by atoms with E-state index in [4.69, 9.17) is 0 Å². The number of aromatic nitrogens is 2. The molecule has 0 unspecified atom stereocenters. The number of nitrogens with zero attached hydrogens (tertiary/aromatic N) is 2. The van der Waals surface area contributed by atoms with E-state index in [2.05, 4.69) is 20.6 Å². The lowest BCUT2D eigenvalue weighted by molar-refractivity contribution is 0.0952. The van der Waals surface area contributed by atoms with Gasteiger partial charge in [-0.2, -0.15) is 0 Å². The normalized spacial score (nSPS) is 11.2. The Morgan fingerprint density at radius 1 is 1.09 bits per heavy atom. The summed E-state index contributed by atoms with van der Waals surface area (Å²) in [5.74, 6) is -0.209. The van der Waals surface area contributed by atoms with Crippen molar-refractivity contribution >= 4 is 33.4 Å². The molecule has 7 heteroatoms. The predicted octanol–water partition coefficient (Wildman–Crippen LogP) is 3.29. The minimum atomic E-state index is -0.209. The van der Waals surface area contributed by atoms with Crippen LogP contribution in [-0.4, -0.2) is 48.0 Å². The molecule has 2 heterocycles. The number of pyridine rings is 2. The first-order chi connectivity index (χ1) is 15.5. The standard InChI is InChI=1S/C25H27N5O2/c1-16-6-4-8-18-22(16)29-23-19(25(32)27-12-13-30(2)3)9-10-20(21(23)24(18)31)28-15-17-7-5-11-26-14-17/h4-11,14,28H,12-13,15H2,1-3H3,(H,27,32)(H,29,31). The number of likely N-dealkylation sites (N-methyl/N-ethyl adjacent to an activating group) is 1.